The summed E-state index contributed by atoms with van der Waals surface area (Å²) in [6.07, 6.45) is 0. The van der Waals surface area contributed by atoms with Crippen molar-refractivity contribution in [1.29, 1.82) is 0 Å². The minimum atomic E-state index is -0.125. The molecule has 30 heavy (non-hydrogen) atoms. The van der Waals surface area contributed by atoms with Crippen LogP contribution in [-0.4, -0.2) is 56.5 Å². The molecular formula is C22H26N6O2. The van der Waals surface area contributed by atoms with Crippen molar-refractivity contribution in [3.63, 3.8) is 0 Å². The highest BCUT2D eigenvalue weighted by molar-refractivity contribution is 5.73. The number of aromatic nitrogens is 4. The minimum absolute atomic E-state index is 0.0373. The van der Waals surface area contributed by atoms with Crippen LogP contribution in [0.1, 0.15) is 26.8 Å². The Morgan fingerprint density at radius 2 is 1.67 bits per heavy atom. The first-order valence-electron chi connectivity index (χ1n) is 10.2. The van der Waals surface area contributed by atoms with E-state index in [1.165, 1.54) is 4.68 Å². The Balaban J connectivity index is 1.76. The molecular weight excluding hydrogens is 380 g/mol. The third-order valence-corrected chi connectivity index (χ3v) is 5.32. The van der Waals surface area contributed by atoms with Crippen LogP contribution in [0.25, 0.3) is 17.1 Å². The van der Waals surface area contributed by atoms with Crippen molar-refractivity contribution < 1.29 is 4.79 Å². The third kappa shape index (κ3) is 3.85. The zero-order valence-corrected chi connectivity index (χ0v) is 17.5. The van der Waals surface area contributed by atoms with Gasteiger partial charge in [0.1, 0.15) is 5.69 Å². The van der Waals surface area contributed by atoms with E-state index in [0.717, 1.165) is 30.3 Å². The van der Waals surface area contributed by atoms with E-state index < -0.39 is 0 Å². The topological polar surface area (TPSA) is 76.3 Å². The molecule has 8 heteroatoms. The first-order valence-corrected chi connectivity index (χ1v) is 10.2. The Kier molecular flexibility index (Phi) is 5.39. The van der Waals surface area contributed by atoms with Crippen LogP contribution in [0.2, 0.25) is 0 Å². The van der Waals surface area contributed by atoms with Gasteiger partial charge in [-0.2, -0.15) is 5.10 Å². The smallest absolute Gasteiger partial charge is 0.267 e. The lowest BCUT2D eigenvalue weighted by atomic mass is 10.2. The SMILES string of the molecule is CC(=O)N1CCN(c2cc(-c3ccc(=O)n(C(C)C)n3)n(-c3ccccc3)n2)CC1. The summed E-state index contributed by atoms with van der Waals surface area (Å²) in [6.45, 7) is 8.29. The summed E-state index contributed by atoms with van der Waals surface area (Å²) in [6, 6.07) is 15.1. The number of nitrogens with zero attached hydrogens (tertiary/aromatic N) is 6. The number of piperazine rings is 1. The van der Waals surface area contributed by atoms with Gasteiger partial charge in [0, 0.05) is 45.2 Å². The average Bonchev–Trinajstić information content (AvgIpc) is 3.20. The van der Waals surface area contributed by atoms with Gasteiger partial charge in [0.05, 0.1) is 17.4 Å². The minimum Gasteiger partial charge on any atom is -0.352 e. The van der Waals surface area contributed by atoms with Crippen LogP contribution in [0.3, 0.4) is 0 Å². The summed E-state index contributed by atoms with van der Waals surface area (Å²) in [7, 11) is 0. The molecule has 2 aromatic heterocycles. The van der Waals surface area contributed by atoms with Gasteiger partial charge < -0.3 is 9.80 Å². The second-order valence-electron chi connectivity index (χ2n) is 7.72. The molecule has 3 aromatic rings. The summed E-state index contributed by atoms with van der Waals surface area (Å²) in [5, 5.41) is 9.45. The summed E-state index contributed by atoms with van der Waals surface area (Å²) in [5.41, 5.74) is 2.30. The quantitative estimate of drug-likeness (QED) is 0.665. The van der Waals surface area contributed by atoms with Gasteiger partial charge in [0.25, 0.3) is 5.56 Å². The fraction of sp³-hybridized carbons (Fsp3) is 0.364. The number of carbonyl (C=O) groups is 1. The van der Waals surface area contributed by atoms with E-state index in [1.807, 2.05) is 59.8 Å². The van der Waals surface area contributed by atoms with E-state index in [2.05, 4.69) is 10.00 Å². The molecule has 0 spiro atoms. The molecule has 3 heterocycles. The lowest BCUT2D eigenvalue weighted by Crippen LogP contribution is -2.48. The number of para-hydroxylation sites is 1. The lowest BCUT2D eigenvalue weighted by Gasteiger charge is -2.34. The van der Waals surface area contributed by atoms with Crippen molar-refractivity contribution in [3.05, 3.63) is 58.9 Å². The molecule has 156 valence electrons. The molecule has 0 unspecified atom stereocenters. The maximum Gasteiger partial charge on any atom is 0.267 e. The van der Waals surface area contributed by atoms with E-state index in [1.54, 1.807) is 19.1 Å². The molecule has 0 atom stereocenters. The largest absolute Gasteiger partial charge is 0.352 e. The first-order chi connectivity index (χ1) is 14.4. The van der Waals surface area contributed by atoms with Gasteiger partial charge in [0.15, 0.2) is 5.82 Å². The maximum atomic E-state index is 12.2. The fourth-order valence-corrected chi connectivity index (χ4v) is 3.65. The number of hydrogen-bond donors (Lipinski definition) is 0. The number of benzene rings is 1. The first kappa shape index (κ1) is 19.9. The number of rotatable bonds is 4. The molecule has 0 aliphatic carbocycles. The molecule has 1 saturated heterocycles. The highest BCUT2D eigenvalue weighted by atomic mass is 16.2. The predicted octanol–water partition coefficient (Wildman–Crippen LogP) is 2.35. The number of anilines is 1. The van der Waals surface area contributed by atoms with Gasteiger partial charge in [-0.3, -0.25) is 9.59 Å². The average molecular weight is 406 g/mol. The molecule has 4 rings (SSSR count). The van der Waals surface area contributed by atoms with E-state index in [4.69, 9.17) is 5.10 Å². The van der Waals surface area contributed by atoms with Crippen molar-refractivity contribution in [1.82, 2.24) is 24.5 Å². The predicted molar refractivity (Wildman–Crippen MR) is 116 cm³/mol. The van der Waals surface area contributed by atoms with Crippen LogP contribution in [-0.2, 0) is 4.79 Å². The normalized spacial score (nSPS) is 14.4. The standard InChI is InChI=1S/C22H26N6O2/c1-16(2)27-22(30)10-9-19(23-27)20-15-21(24-28(20)18-7-5-4-6-8-18)26-13-11-25(12-14-26)17(3)29/h4-10,15-16H,11-14H2,1-3H3. The second kappa shape index (κ2) is 8.14. The number of amides is 1. The molecule has 1 aliphatic rings. The Morgan fingerprint density at radius 3 is 2.30 bits per heavy atom. The van der Waals surface area contributed by atoms with Crippen LogP contribution in [0.4, 0.5) is 5.82 Å². The highest BCUT2D eigenvalue weighted by Gasteiger charge is 2.23. The molecule has 0 saturated carbocycles. The number of carbonyl (C=O) groups excluding carboxylic acids is 1. The van der Waals surface area contributed by atoms with E-state index in [0.29, 0.717) is 18.8 Å². The molecule has 0 radical (unpaired) electrons. The van der Waals surface area contributed by atoms with Gasteiger partial charge in [-0.15, -0.1) is 5.10 Å². The zero-order chi connectivity index (χ0) is 21.3. The zero-order valence-electron chi connectivity index (χ0n) is 17.5. The van der Waals surface area contributed by atoms with Crippen LogP contribution >= 0.6 is 0 Å². The van der Waals surface area contributed by atoms with Crippen molar-refractivity contribution in [2.24, 2.45) is 0 Å². The summed E-state index contributed by atoms with van der Waals surface area (Å²) >= 11 is 0. The summed E-state index contributed by atoms with van der Waals surface area (Å²) in [4.78, 5) is 27.8. The molecule has 0 bridgehead atoms. The molecule has 8 nitrogen and oxygen atoms in total. The monoisotopic (exact) mass is 406 g/mol. The summed E-state index contributed by atoms with van der Waals surface area (Å²) < 4.78 is 3.35. The van der Waals surface area contributed by atoms with Crippen LogP contribution < -0.4 is 10.5 Å². The summed E-state index contributed by atoms with van der Waals surface area (Å²) in [5.74, 6) is 0.937. The van der Waals surface area contributed by atoms with E-state index >= 15 is 0 Å². The molecule has 1 aliphatic heterocycles. The molecule has 1 amide bonds. The van der Waals surface area contributed by atoms with E-state index in [9.17, 15) is 9.59 Å². The third-order valence-electron chi connectivity index (χ3n) is 5.32. The van der Waals surface area contributed by atoms with Gasteiger partial charge in [-0.05, 0) is 32.0 Å². The Bertz CT molecular complexity index is 1090. The van der Waals surface area contributed by atoms with Crippen molar-refractivity contribution in [3.8, 4) is 17.1 Å². The van der Waals surface area contributed by atoms with Crippen LogP contribution in [0.5, 0.6) is 0 Å². The van der Waals surface area contributed by atoms with Crippen molar-refractivity contribution in [2.45, 2.75) is 26.8 Å². The lowest BCUT2D eigenvalue weighted by molar-refractivity contribution is -0.129. The molecule has 0 N–H and O–H groups in total. The highest BCUT2D eigenvalue weighted by Crippen LogP contribution is 2.27. The Morgan fingerprint density at radius 1 is 0.967 bits per heavy atom. The molecule has 1 aromatic carbocycles. The second-order valence-corrected chi connectivity index (χ2v) is 7.72. The van der Waals surface area contributed by atoms with Crippen LogP contribution in [0, 0.1) is 0 Å². The Hall–Kier alpha value is -3.42. The van der Waals surface area contributed by atoms with Crippen molar-refractivity contribution in [2.75, 3.05) is 31.1 Å². The van der Waals surface area contributed by atoms with Gasteiger partial charge in [-0.1, -0.05) is 18.2 Å². The molecule has 1 fully saturated rings. The Labute approximate surface area is 175 Å². The van der Waals surface area contributed by atoms with Crippen LogP contribution in [0.15, 0.2) is 53.3 Å². The van der Waals surface area contributed by atoms with Gasteiger partial charge in [0.2, 0.25) is 5.91 Å². The fourth-order valence-electron chi connectivity index (χ4n) is 3.65. The van der Waals surface area contributed by atoms with E-state index in [-0.39, 0.29) is 17.5 Å². The van der Waals surface area contributed by atoms with Gasteiger partial charge in [-0.25, -0.2) is 9.36 Å². The number of hydrogen-bond acceptors (Lipinski definition) is 5. The van der Waals surface area contributed by atoms with Crippen molar-refractivity contribution >= 4 is 11.7 Å². The maximum absolute atomic E-state index is 12.2. The van der Waals surface area contributed by atoms with Gasteiger partial charge >= 0.3 is 0 Å².